The van der Waals surface area contributed by atoms with Gasteiger partial charge < -0.3 is 5.11 Å². The van der Waals surface area contributed by atoms with E-state index in [1.807, 2.05) is 0 Å². The Morgan fingerprint density at radius 2 is 1.79 bits per heavy atom. The van der Waals surface area contributed by atoms with Crippen molar-refractivity contribution in [2.45, 2.75) is 19.4 Å². The van der Waals surface area contributed by atoms with E-state index in [4.69, 9.17) is 9.89 Å². The number of sulfone groups is 1. The molecule has 0 aromatic rings. The molecule has 0 saturated heterocycles. The highest BCUT2D eigenvalue weighted by Crippen LogP contribution is 2.00. The van der Waals surface area contributed by atoms with Crippen molar-refractivity contribution in [3.63, 3.8) is 0 Å². The summed E-state index contributed by atoms with van der Waals surface area (Å²) in [6.45, 7) is 1.46. The van der Waals surface area contributed by atoms with Crippen LogP contribution < -0.4 is 0 Å². The van der Waals surface area contributed by atoms with Crippen molar-refractivity contribution < 1.29 is 17.7 Å². The predicted octanol–water partition coefficient (Wildman–Crippen LogP) is -0.151. The molecular formula is C7H17NO4S2. The van der Waals surface area contributed by atoms with Crippen LogP contribution >= 0.6 is 0 Å². The SMILES string of the molecule is CC(O)CS(=N)(=O)CCCS(C)(=O)=O. The Morgan fingerprint density at radius 3 is 2.14 bits per heavy atom. The molecule has 0 amide bonds. The van der Waals surface area contributed by atoms with Gasteiger partial charge in [-0.25, -0.2) is 12.6 Å². The van der Waals surface area contributed by atoms with E-state index in [0.717, 1.165) is 6.26 Å². The fraction of sp³-hybridized carbons (Fsp3) is 1.00. The van der Waals surface area contributed by atoms with E-state index in [2.05, 4.69) is 0 Å². The Hall–Kier alpha value is -0.140. The van der Waals surface area contributed by atoms with Crippen LogP contribution in [0, 0.1) is 4.78 Å². The molecule has 0 aromatic heterocycles. The van der Waals surface area contributed by atoms with Gasteiger partial charge in [-0.3, -0.25) is 4.78 Å². The zero-order valence-electron chi connectivity index (χ0n) is 8.39. The van der Waals surface area contributed by atoms with Gasteiger partial charge in [0.2, 0.25) is 0 Å². The Bertz CT molecular complexity index is 355. The monoisotopic (exact) mass is 243 g/mol. The van der Waals surface area contributed by atoms with Crippen molar-refractivity contribution in [1.29, 1.82) is 4.78 Å². The number of nitrogens with one attached hydrogen (secondary N) is 1. The number of aliphatic hydroxyl groups is 1. The zero-order valence-corrected chi connectivity index (χ0v) is 10.0. The van der Waals surface area contributed by atoms with Crippen LogP contribution in [-0.2, 0) is 19.6 Å². The van der Waals surface area contributed by atoms with E-state index in [9.17, 15) is 12.6 Å². The standard InChI is InChI=1S/C7H17NO4S2/c1-7(9)6-14(8,12)5-3-4-13(2,10)11/h7-9H,3-6H2,1-2H3. The smallest absolute Gasteiger partial charge is 0.147 e. The topological polar surface area (TPSA) is 95.3 Å². The van der Waals surface area contributed by atoms with Crippen molar-refractivity contribution in [3.8, 4) is 0 Å². The van der Waals surface area contributed by atoms with Gasteiger partial charge in [0.1, 0.15) is 9.84 Å². The first-order valence-electron chi connectivity index (χ1n) is 4.22. The molecule has 0 bridgehead atoms. The molecule has 0 rings (SSSR count). The highest BCUT2D eigenvalue weighted by atomic mass is 32.2. The van der Waals surface area contributed by atoms with Crippen LogP contribution in [0.25, 0.3) is 0 Å². The van der Waals surface area contributed by atoms with Crippen molar-refractivity contribution >= 4 is 19.6 Å². The van der Waals surface area contributed by atoms with Crippen LogP contribution in [0.15, 0.2) is 0 Å². The minimum atomic E-state index is -3.05. The molecule has 0 heterocycles. The fourth-order valence-electron chi connectivity index (χ4n) is 1.03. The minimum Gasteiger partial charge on any atom is -0.392 e. The van der Waals surface area contributed by atoms with Gasteiger partial charge >= 0.3 is 0 Å². The summed E-state index contributed by atoms with van der Waals surface area (Å²) >= 11 is 0. The highest BCUT2D eigenvalue weighted by Gasteiger charge is 2.11. The van der Waals surface area contributed by atoms with Gasteiger partial charge in [-0.15, -0.1) is 0 Å². The largest absolute Gasteiger partial charge is 0.392 e. The summed E-state index contributed by atoms with van der Waals surface area (Å²) in [5.41, 5.74) is 0. The van der Waals surface area contributed by atoms with Gasteiger partial charge in [-0.1, -0.05) is 0 Å². The number of hydrogen-bond donors (Lipinski definition) is 2. The molecule has 0 fully saturated rings. The van der Waals surface area contributed by atoms with Crippen molar-refractivity contribution in [2.75, 3.05) is 23.5 Å². The molecule has 0 aromatic carbocycles. The second kappa shape index (κ2) is 5.09. The molecule has 0 aliphatic rings. The average molecular weight is 243 g/mol. The van der Waals surface area contributed by atoms with Crippen LogP contribution in [0.1, 0.15) is 13.3 Å². The van der Waals surface area contributed by atoms with E-state index in [-0.39, 0.29) is 23.7 Å². The second-order valence-corrected chi connectivity index (χ2v) is 8.14. The van der Waals surface area contributed by atoms with Gasteiger partial charge in [-0.05, 0) is 13.3 Å². The molecule has 14 heavy (non-hydrogen) atoms. The van der Waals surface area contributed by atoms with E-state index in [1.54, 1.807) is 0 Å². The lowest BCUT2D eigenvalue weighted by Crippen LogP contribution is -2.20. The third-order valence-electron chi connectivity index (χ3n) is 1.50. The van der Waals surface area contributed by atoms with E-state index in [1.165, 1.54) is 6.92 Å². The molecule has 0 aliphatic heterocycles. The average Bonchev–Trinajstić information content (AvgIpc) is 1.78. The van der Waals surface area contributed by atoms with Crippen LogP contribution in [0.4, 0.5) is 0 Å². The fourth-order valence-corrected chi connectivity index (χ4v) is 3.44. The van der Waals surface area contributed by atoms with E-state index >= 15 is 0 Å². The molecule has 0 radical (unpaired) electrons. The Labute approximate surface area is 85.4 Å². The summed E-state index contributed by atoms with van der Waals surface area (Å²) in [6, 6.07) is 0. The third-order valence-corrected chi connectivity index (χ3v) is 4.50. The van der Waals surface area contributed by atoms with Gasteiger partial charge in [-0.2, -0.15) is 0 Å². The van der Waals surface area contributed by atoms with Gasteiger partial charge in [0.15, 0.2) is 0 Å². The number of hydrogen-bond acceptors (Lipinski definition) is 5. The van der Waals surface area contributed by atoms with Gasteiger partial charge in [0.25, 0.3) is 0 Å². The first-order valence-corrected chi connectivity index (χ1v) is 8.18. The summed E-state index contributed by atoms with van der Waals surface area (Å²) in [4.78, 5) is 0. The molecule has 86 valence electrons. The molecule has 7 heteroatoms. The first-order chi connectivity index (χ1) is 6.12. The van der Waals surface area contributed by atoms with Crippen LogP contribution in [0.2, 0.25) is 0 Å². The zero-order chi connectivity index (χ0) is 11.4. The predicted molar refractivity (Wildman–Crippen MR) is 56.6 cm³/mol. The van der Waals surface area contributed by atoms with Crippen molar-refractivity contribution in [1.82, 2.24) is 0 Å². The molecule has 0 aliphatic carbocycles. The maximum Gasteiger partial charge on any atom is 0.147 e. The minimum absolute atomic E-state index is 0.0327. The van der Waals surface area contributed by atoms with E-state index < -0.39 is 25.7 Å². The summed E-state index contributed by atoms with van der Waals surface area (Å²) < 4.78 is 40.2. The molecule has 0 spiro atoms. The lowest BCUT2D eigenvalue weighted by atomic mass is 10.5. The summed E-state index contributed by atoms with van der Waals surface area (Å²) in [7, 11) is -5.86. The molecule has 2 N–H and O–H groups in total. The van der Waals surface area contributed by atoms with Crippen molar-refractivity contribution in [3.05, 3.63) is 0 Å². The lowest BCUT2D eigenvalue weighted by Gasteiger charge is -2.08. The Morgan fingerprint density at radius 1 is 1.29 bits per heavy atom. The van der Waals surface area contributed by atoms with Crippen LogP contribution in [-0.4, -0.2) is 47.4 Å². The van der Waals surface area contributed by atoms with Gasteiger partial charge in [0.05, 0.1) is 17.6 Å². The first kappa shape index (κ1) is 13.9. The molecular weight excluding hydrogens is 226 g/mol. The summed E-state index contributed by atoms with van der Waals surface area (Å²) in [6.07, 6.45) is 0.541. The number of aliphatic hydroxyl groups excluding tert-OH is 1. The van der Waals surface area contributed by atoms with Crippen LogP contribution in [0.3, 0.4) is 0 Å². The normalized spacial score (nSPS) is 18.8. The maximum atomic E-state index is 11.4. The molecule has 2 atom stereocenters. The van der Waals surface area contributed by atoms with Crippen molar-refractivity contribution in [2.24, 2.45) is 0 Å². The number of rotatable bonds is 6. The third kappa shape index (κ3) is 8.46. The van der Waals surface area contributed by atoms with Gasteiger partial charge in [0, 0.05) is 21.7 Å². The summed E-state index contributed by atoms with van der Waals surface area (Å²) in [5, 5.41) is 8.93. The Balaban J connectivity index is 4.02. The lowest BCUT2D eigenvalue weighted by molar-refractivity contribution is 0.219. The quantitative estimate of drug-likeness (QED) is 0.678. The summed E-state index contributed by atoms with van der Waals surface area (Å²) in [5.74, 6) is -0.107. The van der Waals surface area contributed by atoms with Crippen LogP contribution in [0.5, 0.6) is 0 Å². The highest BCUT2D eigenvalue weighted by molar-refractivity contribution is 7.92. The van der Waals surface area contributed by atoms with E-state index in [0.29, 0.717) is 0 Å². The Kier molecular flexibility index (Phi) is 5.03. The molecule has 2 unspecified atom stereocenters. The molecule has 0 saturated carbocycles. The molecule has 5 nitrogen and oxygen atoms in total. The maximum absolute atomic E-state index is 11.4. The second-order valence-electron chi connectivity index (χ2n) is 3.52.